The molecule has 2 unspecified atom stereocenters. The van der Waals surface area contributed by atoms with Gasteiger partial charge in [-0.3, -0.25) is 4.79 Å². The Morgan fingerprint density at radius 3 is 2.73 bits per heavy atom. The van der Waals surface area contributed by atoms with Gasteiger partial charge in [0.15, 0.2) is 0 Å². The molecule has 3 nitrogen and oxygen atoms in total. The molecule has 0 spiro atoms. The van der Waals surface area contributed by atoms with Gasteiger partial charge in [-0.05, 0) is 13.3 Å². The van der Waals surface area contributed by atoms with Crippen LogP contribution in [0.25, 0.3) is 0 Å². The topological polar surface area (TPSA) is 38.3 Å². The molecule has 4 heteroatoms. The highest BCUT2D eigenvalue weighted by molar-refractivity contribution is 6.18. The van der Waals surface area contributed by atoms with Crippen molar-refractivity contribution in [3.8, 4) is 0 Å². The molecular weight excluding hydrogens is 214 g/mol. The summed E-state index contributed by atoms with van der Waals surface area (Å²) in [6.07, 6.45) is 1.58. The number of carbonyl (C=O) groups is 1. The van der Waals surface area contributed by atoms with E-state index >= 15 is 0 Å². The fourth-order valence-corrected chi connectivity index (χ4v) is 2.14. The van der Waals surface area contributed by atoms with Gasteiger partial charge in [0, 0.05) is 30.4 Å². The number of hydrogen-bond donors (Lipinski definition) is 1. The summed E-state index contributed by atoms with van der Waals surface area (Å²) in [5, 5.41) is 2.99. The first-order valence-corrected chi connectivity index (χ1v) is 6.02. The van der Waals surface area contributed by atoms with E-state index < -0.39 is 0 Å². The van der Waals surface area contributed by atoms with E-state index in [1.54, 1.807) is 0 Å². The maximum Gasteiger partial charge on any atom is 0.221 e. The number of hydrogen-bond acceptors (Lipinski definition) is 2. The SMILES string of the molecule is CCOC1CC(NC(=O)CCCl)C1(C)C. The van der Waals surface area contributed by atoms with Crippen molar-refractivity contribution in [3.63, 3.8) is 0 Å². The molecule has 0 radical (unpaired) electrons. The fraction of sp³-hybridized carbons (Fsp3) is 0.909. The van der Waals surface area contributed by atoms with Crippen molar-refractivity contribution < 1.29 is 9.53 Å². The fourth-order valence-electron chi connectivity index (χ4n) is 1.97. The molecule has 0 heterocycles. The first-order valence-electron chi connectivity index (χ1n) is 5.49. The van der Waals surface area contributed by atoms with Gasteiger partial charge >= 0.3 is 0 Å². The molecular formula is C11H20ClNO2. The van der Waals surface area contributed by atoms with Crippen LogP contribution < -0.4 is 5.32 Å². The lowest BCUT2D eigenvalue weighted by atomic mass is 9.64. The highest BCUT2D eigenvalue weighted by Gasteiger charge is 2.49. The van der Waals surface area contributed by atoms with Crippen molar-refractivity contribution in [2.75, 3.05) is 12.5 Å². The summed E-state index contributed by atoms with van der Waals surface area (Å²) in [4.78, 5) is 11.4. The van der Waals surface area contributed by atoms with Crippen molar-refractivity contribution in [2.45, 2.75) is 45.8 Å². The Morgan fingerprint density at radius 2 is 2.27 bits per heavy atom. The van der Waals surface area contributed by atoms with E-state index in [0.717, 1.165) is 13.0 Å². The zero-order chi connectivity index (χ0) is 11.5. The molecule has 1 saturated carbocycles. The Kier molecular flexibility index (Phi) is 4.41. The average molecular weight is 234 g/mol. The normalized spacial score (nSPS) is 28.3. The summed E-state index contributed by atoms with van der Waals surface area (Å²) in [6, 6.07) is 0.227. The minimum absolute atomic E-state index is 0.0397. The largest absolute Gasteiger partial charge is 0.378 e. The van der Waals surface area contributed by atoms with E-state index in [1.165, 1.54) is 0 Å². The standard InChI is InChI=1S/C11H20ClNO2/c1-4-15-9-7-8(11(9,2)3)13-10(14)5-6-12/h8-9H,4-7H2,1-3H3,(H,13,14). The van der Waals surface area contributed by atoms with Crippen LogP contribution in [-0.2, 0) is 9.53 Å². The summed E-state index contributed by atoms with van der Waals surface area (Å²) >= 11 is 5.50. The van der Waals surface area contributed by atoms with E-state index in [-0.39, 0.29) is 23.5 Å². The van der Waals surface area contributed by atoms with Crippen LogP contribution in [0.15, 0.2) is 0 Å². The van der Waals surface area contributed by atoms with E-state index in [1.807, 2.05) is 6.92 Å². The van der Waals surface area contributed by atoms with Gasteiger partial charge in [0.2, 0.25) is 5.91 Å². The number of carbonyl (C=O) groups excluding carboxylic acids is 1. The Hall–Kier alpha value is -0.280. The minimum atomic E-state index is 0.0397. The monoisotopic (exact) mass is 233 g/mol. The van der Waals surface area contributed by atoms with Crippen molar-refractivity contribution in [3.05, 3.63) is 0 Å². The van der Waals surface area contributed by atoms with Crippen molar-refractivity contribution in [1.82, 2.24) is 5.32 Å². The molecule has 2 atom stereocenters. The Bertz CT molecular complexity index is 231. The van der Waals surface area contributed by atoms with Crippen molar-refractivity contribution in [1.29, 1.82) is 0 Å². The van der Waals surface area contributed by atoms with Gasteiger partial charge in [-0.2, -0.15) is 0 Å². The van der Waals surface area contributed by atoms with Gasteiger partial charge in [0.1, 0.15) is 0 Å². The van der Waals surface area contributed by atoms with Gasteiger partial charge in [-0.1, -0.05) is 13.8 Å². The summed E-state index contributed by atoms with van der Waals surface area (Å²) < 4.78 is 5.59. The molecule has 1 N–H and O–H groups in total. The number of nitrogens with one attached hydrogen (secondary N) is 1. The Balaban J connectivity index is 2.38. The summed E-state index contributed by atoms with van der Waals surface area (Å²) in [5.74, 6) is 0.423. The first kappa shape index (κ1) is 12.8. The van der Waals surface area contributed by atoms with Gasteiger partial charge in [-0.25, -0.2) is 0 Å². The van der Waals surface area contributed by atoms with Gasteiger partial charge < -0.3 is 10.1 Å². The number of rotatable bonds is 5. The van der Waals surface area contributed by atoms with Gasteiger partial charge in [0.05, 0.1) is 6.10 Å². The molecule has 1 amide bonds. The van der Waals surface area contributed by atoms with E-state index in [9.17, 15) is 4.79 Å². The van der Waals surface area contributed by atoms with Gasteiger partial charge in [0.25, 0.3) is 0 Å². The Morgan fingerprint density at radius 1 is 1.60 bits per heavy atom. The molecule has 1 aliphatic carbocycles. The molecule has 88 valence electrons. The molecule has 1 rings (SSSR count). The maximum absolute atomic E-state index is 11.4. The molecule has 1 fully saturated rings. The number of ether oxygens (including phenoxy) is 1. The molecule has 0 saturated heterocycles. The maximum atomic E-state index is 11.4. The first-order chi connectivity index (χ1) is 7.02. The van der Waals surface area contributed by atoms with E-state index in [0.29, 0.717) is 12.3 Å². The number of alkyl halides is 1. The smallest absolute Gasteiger partial charge is 0.221 e. The van der Waals surface area contributed by atoms with Crippen LogP contribution in [0.4, 0.5) is 0 Å². The molecule has 0 aromatic rings. The second kappa shape index (κ2) is 5.17. The zero-order valence-electron chi connectivity index (χ0n) is 9.68. The summed E-state index contributed by atoms with van der Waals surface area (Å²) in [7, 11) is 0. The summed E-state index contributed by atoms with van der Waals surface area (Å²) in [6.45, 7) is 6.98. The third-order valence-corrected chi connectivity index (χ3v) is 3.39. The number of amides is 1. The third-order valence-electron chi connectivity index (χ3n) is 3.20. The van der Waals surface area contributed by atoms with Crippen LogP contribution in [0.2, 0.25) is 0 Å². The lowest BCUT2D eigenvalue weighted by Crippen LogP contribution is -2.62. The highest BCUT2D eigenvalue weighted by atomic mass is 35.5. The second-order valence-electron chi connectivity index (χ2n) is 4.56. The lowest BCUT2D eigenvalue weighted by molar-refractivity contribution is -0.136. The van der Waals surface area contributed by atoms with Gasteiger partial charge in [-0.15, -0.1) is 11.6 Å². The van der Waals surface area contributed by atoms with Crippen LogP contribution in [0.5, 0.6) is 0 Å². The highest BCUT2D eigenvalue weighted by Crippen LogP contribution is 2.42. The quantitative estimate of drug-likeness (QED) is 0.737. The second-order valence-corrected chi connectivity index (χ2v) is 4.94. The average Bonchev–Trinajstić information content (AvgIpc) is 2.17. The van der Waals surface area contributed by atoms with Crippen molar-refractivity contribution in [2.24, 2.45) is 5.41 Å². The molecule has 0 aromatic carbocycles. The van der Waals surface area contributed by atoms with Crippen LogP contribution in [0, 0.1) is 5.41 Å². The molecule has 0 bridgehead atoms. The molecule has 0 aliphatic heterocycles. The zero-order valence-corrected chi connectivity index (χ0v) is 10.4. The van der Waals surface area contributed by atoms with Crippen LogP contribution in [0.1, 0.15) is 33.6 Å². The third kappa shape index (κ3) is 2.85. The Labute approximate surface area is 96.5 Å². The van der Waals surface area contributed by atoms with E-state index in [2.05, 4.69) is 19.2 Å². The predicted molar refractivity (Wildman–Crippen MR) is 61.1 cm³/mol. The van der Waals surface area contributed by atoms with Crippen molar-refractivity contribution >= 4 is 17.5 Å². The minimum Gasteiger partial charge on any atom is -0.378 e. The van der Waals surface area contributed by atoms with E-state index in [4.69, 9.17) is 16.3 Å². The number of halogens is 1. The lowest BCUT2D eigenvalue weighted by Gasteiger charge is -2.51. The molecule has 0 aromatic heterocycles. The van der Waals surface area contributed by atoms with Crippen LogP contribution in [-0.4, -0.2) is 30.5 Å². The molecule has 15 heavy (non-hydrogen) atoms. The van der Waals surface area contributed by atoms with Crippen LogP contribution >= 0.6 is 11.6 Å². The van der Waals surface area contributed by atoms with Crippen LogP contribution in [0.3, 0.4) is 0 Å². The molecule has 1 aliphatic rings. The summed E-state index contributed by atoms with van der Waals surface area (Å²) in [5.41, 5.74) is 0.0397. The predicted octanol–water partition coefficient (Wildman–Crippen LogP) is 1.94.